The van der Waals surface area contributed by atoms with E-state index in [9.17, 15) is 0 Å². The van der Waals surface area contributed by atoms with E-state index in [0.29, 0.717) is 0 Å². The predicted molar refractivity (Wildman–Crippen MR) is 53.6 cm³/mol. The minimum atomic E-state index is 1.23. The summed E-state index contributed by atoms with van der Waals surface area (Å²) >= 11 is 1.82. The summed E-state index contributed by atoms with van der Waals surface area (Å²) in [6.07, 6.45) is 2.03. The molecule has 1 N–H and O–H groups in total. The van der Waals surface area contributed by atoms with Gasteiger partial charge in [-0.05, 0) is 37.6 Å². The van der Waals surface area contributed by atoms with Crippen LogP contribution < -0.4 is 0 Å². The number of rotatable bonds is 1. The number of hydrogen-bond acceptors (Lipinski definition) is 1. The topological polar surface area (TPSA) is 15.8 Å². The van der Waals surface area contributed by atoms with Crippen LogP contribution in [-0.4, -0.2) is 4.98 Å². The number of aryl methyl sites for hydroxylation is 2. The van der Waals surface area contributed by atoms with Crippen molar-refractivity contribution >= 4 is 11.3 Å². The molecule has 0 saturated heterocycles. The number of aromatic nitrogens is 1. The molecule has 2 aromatic heterocycles. The van der Waals surface area contributed by atoms with Gasteiger partial charge in [0.05, 0.1) is 10.6 Å². The number of aromatic amines is 1. The summed E-state index contributed by atoms with van der Waals surface area (Å²) in [5.74, 6) is 0. The molecule has 0 spiro atoms. The Hall–Kier alpha value is -1.02. The van der Waals surface area contributed by atoms with Crippen molar-refractivity contribution in [2.75, 3.05) is 0 Å². The third kappa shape index (κ3) is 1.30. The highest BCUT2D eigenvalue weighted by atomic mass is 32.1. The minimum absolute atomic E-state index is 1.23. The Kier molecular flexibility index (Phi) is 1.77. The third-order valence-corrected chi connectivity index (χ3v) is 2.87. The van der Waals surface area contributed by atoms with E-state index in [0.717, 1.165) is 0 Å². The van der Waals surface area contributed by atoms with E-state index in [1.807, 2.05) is 17.5 Å². The zero-order valence-corrected chi connectivity index (χ0v) is 8.03. The summed E-state index contributed by atoms with van der Waals surface area (Å²) in [5, 5.41) is 0. The molecule has 0 radical (unpaired) electrons. The van der Waals surface area contributed by atoms with Crippen molar-refractivity contribution in [1.29, 1.82) is 0 Å². The Morgan fingerprint density at radius 3 is 2.58 bits per heavy atom. The molecule has 0 aromatic carbocycles. The lowest BCUT2D eigenvalue weighted by molar-refractivity contribution is 1.39. The number of H-pyrrole nitrogens is 1. The first-order valence-corrected chi connectivity index (χ1v) is 4.79. The largest absolute Gasteiger partial charge is 0.360 e. The summed E-state index contributed by atoms with van der Waals surface area (Å²) in [4.78, 5) is 5.92. The van der Waals surface area contributed by atoms with Gasteiger partial charge in [-0.15, -0.1) is 11.3 Å². The number of hydrogen-bond donors (Lipinski definition) is 1. The molecule has 0 aliphatic carbocycles. The van der Waals surface area contributed by atoms with Crippen LogP contribution in [0.4, 0.5) is 0 Å². The molecule has 0 saturated carbocycles. The van der Waals surface area contributed by atoms with Crippen LogP contribution in [0.1, 0.15) is 10.4 Å². The average molecular weight is 177 g/mol. The fraction of sp³-hybridized carbons (Fsp3) is 0.200. The summed E-state index contributed by atoms with van der Waals surface area (Å²) in [5.41, 5.74) is 2.52. The van der Waals surface area contributed by atoms with Crippen LogP contribution in [0.2, 0.25) is 0 Å². The fourth-order valence-corrected chi connectivity index (χ4v) is 2.07. The van der Waals surface area contributed by atoms with Crippen molar-refractivity contribution < 1.29 is 0 Å². The van der Waals surface area contributed by atoms with Crippen molar-refractivity contribution in [1.82, 2.24) is 4.98 Å². The van der Waals surface area contributed by atoms with Gasteiger partial charge in [0.1, 0.15) is 0 Å². The monoisotopic (exact) mass is 177 g/mol. The van der Waals surface area contributed by atoms with Crippen LogP contribution in [0, 0.1) is 13.8 Å². The second-order valence-electron chi connectivity index (χ2n) is 3.00. The van der Waals surface area contributed by atoms with Crippen LogP contribution in [0.5, 0.6) is 0 Å². The molecule has 2 rings (SSSR count). The maximum Gasteiger partial charge on any atom is 0.0558 e. The van der Waals surface area contributed by atoms with E-state index in [4.69, 9.17) is 0 Å². The first-order chi connectivity index (χ1) is 5.75. The van der Waals surface area contributed by atoms with E-state index in [2.05, 4.69) is 37.0 Å². The van der Waals surface area contributed by atoms with Gasteiger partial charge in [0.15, 0.2) is 0 Å². The Labute approximate surface area is 76.1 Å². The van der Waals surface area contributed by atoms with Gasteiger partial charge >= 0.3 is 0 Å². The van der Waals surface area contributed by atoms with Gasteiger partial charge in [0.25, 0.3) is 0 Å². The lowest BCUT2D eigenvalue weighted by Gasteiger charge is -1.88. The molecule has 2 heterocycles. The minimum Gasteiger partial charge on any atom is -0.360 e. The van der Waals surface area contributed by atoms with Gasteiger partial charge in [-0.25, -0.2) is 0 Å². The first-order valence-electron chi connectivity index (χ1n) is 3.97. The smallest absolute Gasteiger partial charge is 0.0558 e. The Morgan fingerprint density at radius 2 is 2.08 bits per heavy atom. The summed E-state index contributed by atoms with van der Waals surface area (Å²) in [6.45, 7) is 4.23. The van der Waals surface area contributed by atoms with Crippen molar-refractivity contribution in [3.8, 4) is 10.6 Å². The summed E-state index contributed by atoms with van der Waals surface area (Å²) < 4.78 is 0. The van der Waals surface area contributed by atoms with Crippen LogP contribution >= 0.6 is 11.3 Å². The highest BCUT2D eigenvalue weighted by molar-refractivity contribution is 7.15. The summed E-state index contributed by atoms with van der Waals surface area (Å²) in [6, 6.07) is 6.48. The standard InChI is InChI=1S/C10H11NS/c1-7-5-9(11-6-7)10-4-3-8(2)12-10/h3-6,11H,1-2H3. The Balaban J connectivity index is 2.43. The molecule has 0 atom stereocenters. The molecule has 0 aliphatic heterocycles. The van der Waals surface area contributed by atoms with Gasteiger partial charge in [-0.1, -0.05) is 0 Å². The molecular formula is C10H11NS. The zero-order chi connectivity index (χ0) is 8.55. The van der Waals surface area contributed by atoms with Crippen molar-refractivity contribution in [2.45, 2.75) is 13.8 Å². The molecule has 12 heavy (non-hydrogen) atoms. The van der Waals surface area contributed by atoms with Gasteiger partial charge in [-0.2, -0.15) is 0 Å². The predicted octanol–water partition coefficient (Wildman–Crippen LogP) is 3.36. The highest BCUT2D eigenvalue weighted by Crippen LogP contribution is 2.26. The number of nitrogens with one attached hydrogen (secondary N) is 1. The van der Waals surface area contributed by atoms with E-state index in [1.54, 1.807) is 0 Å². The van der Waals surface area contributed by atoms with E-state index in [1.165, 1.54) is 21.0 Å². The molecular weight excluding hydrogens is 166 g/mol. The molecule has 1 nitrogen and oxygen atoms in total. The third-order valence-electron chi connectivity index (χ3n) is 1.83. The van der Waals surface area contributed by atoms with Gasteiger partial charge in [0.2, 0.25) is 0 Å². The van der Waals surface area contributed by atoms with E-state index >= 15 is 0 Å². The van der Waals surface area contributed by atoms with Gasteiger partial charge in [0, 0.05) is 11.1 Å². The summed E-state index contributed by atoms with van der Waals surface area (Å²) in [7, 11) is 0. The van der Waals surface area contributed by atoms with Crippen LogP contribution in [-0.2, 0) is 0 Å². The quantitative estimate of drug-likeness (QED) is 0.687. The van der Waals surface area contributed by atoms with Crippen LogP contribution in [0.25, 0.3) is 10.6 Å². The SMILES string of the molecule is Cc1c[nH]c(-c2ccc(C)s2)c1. The molecule has 2 aromatic rings. The van der Waals surface area contributed by atoms with Crippen molar-refractivity contribution in [3.05, 3.63) is 34.8 Å². The molecule has 0 bridgehead atoms. The lowest BCUT2D eigenvalue weighted by atomic mass is 10.3. The van der Waals surface area contributed by atoms with Gasteiger partial charge < -0.3 is 4.98 Å². The highest BCUT2D eigenvalue weighted by Gasteiger charge is 2.01. The molecule has 2 heteroatoms. The maximum absolute atomic E-state index is 3.25. The lowest BCUT2D eigenvalue weighted by Crippen LogP contribution is -1.66. The van der Waals surface area contributed by atoms with E-state index in [-0.39, 0.29) is 0 Å². The van der Waals surface area contributed by atoms with Crippen LogP contribution in [0.15, 0.2) is 24.4 Å². The number of thiophene rings is 1. The van der Waals surface area contributed by atoms with Gasteiger partial charge in [-0.3, -0.25) is 0 Å². The maximum atomic E-state index is 3.25. The first kappa shape index (κ1) is 7.62. The zero-order valence-electron chi connectivity index (χ0n) is 7.22. The van der Waals surface area contributed by atoms with E-state index < -0.39 is 0 Å². The molecule has 0 aliphatic rings. The van der Waals surface area contributed by atoms with Crippen LogP contribution in [0.3, 0.4) is 0 Å². The van der Waals surface area contributed by atoms with Crippen molar-refractivity contribution in [3.63, 3.8) is 0 Å². The Morgan fingerprint density at radius 1 is 1.25 bits per heavy atom. The second-order valence-corrected chi connectivity index (χ2v) is 4.29. The normalized spacial score (nSPS) is 10.5. The molecule has 0 amide bonds. The Bertz CT molecular complexity index is 346. The van der Waals surface area contributed by atoms with Crippen molar-refractivity contribution in [2.24, 2.45) is 0 Å². The molecule has 62 valence electrons. The molecule has 0 fully saturated rings. The molecule has 0 unspecified atom stereocenters. The second kappa shape index (κ2) is 2.79. The average Bonchev–Trinajstić information content (AvgIpc) is 2.58. The fourth-order valence-electron chi connectivity index (χ4n) is 1.22.